The lowest BCUT2D eigenvalue weighted by Crippen LogP contribution is -2.27. The third-order valence-electron chi connectivity index (χ3n) is 4.41. The quantitative estimate of drug-likeness (QED) is 0.886. The first-order chi connectivity index (χ1) is 11.1. The molecule has 5 heteroatoms. The van der Waals surface area contributed by atoms with Gasteiger partial charge in [-0.1, -0.05) is 50.2 Å². The van der Waals surface area contributed by atoms with Crippen LogP contribution in [0, 0.1) is 5.92 Å². The maximum Gasteiger partial charge on any atom is 0.307 e. The van der Waals surface area contributed by atoms with Gasteiger partial charge in [0.1, 0.15) is 0 Å². The Morgan fingerprint density at radius 3 is 2.78 bits per heavy atom. The fourth-order valence-electron chi connectivity index (χ4n) is 3.01. The van der Waals surface area contributed by atoms with Crippen molar-refractivity contribution in [1.82, 2.24) is 4.98 Å². The van der Waals surface area contributed by atoms with Gasteiger partial charge < -0.3 is 5.11 Å². The first kappa shape index (κ1) is 15.7. The molecule has 0 radical (unpaired) electrons. The first-order valence-electron chi connectivity index (χ1n) is 7.93. The largest absolute Gasteiger partial charge is 0.493 e. The second-order valence-electron chi connectivity index (χ2n) is 5.74. The lowest BCUT2D eigenvalue weighted by molar-refractivity contribution is 0.452. The van der Waals surface area contributed by atoms with Crippen LogP contribution in [0.4, 0.5) is 5.69 Å². The highest BCUT2D eigenvalue weighted by Crippen LogP contribution is 2.30. The molecule has 1 aliphatic heterocycles. The minimum atomic E-state index is -0.229. The molecule has 0 amide bonds. The summed E-state index contributed by atoms with van der Waals surface area (Å²) in [6.45, 7) is 4.35. The zero-order chi connectivity index (χ0) is 16.4. The maximum atomic E-state index is 11.7. The first-order valence-corrected chi connectivity index (χ1v) is 8.74. The number of aliphatic imine (C=N–C) groups is 1. The summed E-state index contributed by atoms with van der Waals surface area (Å²) in [4.78, 5) is 18.9. The highest BCUT2D eigenvalue weighted by atomic mass is 32.1. The second kappa shape index (κ2) is 6.54. The number of rotatable bonds is 5. The Kier molecular flexibility index (Phi) is 4.48. The van der Waals surface area contributed by atoms with Crippen LogP contribution in [0.3, 0.4) is 0 Å². The topological polar surface area (TPSA) is 65.5 Å². The minimum Gasteiger partial charge on any atom is -0.493 e. The number of thiazole rings is 1. The molecule has 2 aromatic rings. The molecule has 1 aromatic heterocycles. The fraction of sp³-hybridized carbons (Fsp3) is 0.333. The average Bonchev–Trinajstić information content (AvgIpc) is 3.15. The van der Waals surface area contributed by atoms with Crippen molar-refractivity contribution >= 4 is 34.9 Å². The number of aromatic amines is 1. The molecule has 0 fully saturated rings. The van der Waals surface area contributed by atoms with E-state index in [0.717, 1.165) is 52.3 Å². The number of aromatic hydroxyl groups is 1. The molecule has 2 N–H and O–H groups in total. The number of hydrogen-bond donors (Lipinski definition) is 2. The Hall–Kier alpha value is -2.14. The van der Waals surface area contributed by atoms with Gasteiger partial charge in [0.05, 0.1) is 10.6 Å². The van der Waals surface area contributed by atoms with Crippen molar-refractivity contribution in [2.24, 2.45) is 10.9 Å². The summed E-state index contributed by atoms with van der Waals surface area (Å²) < 4.78 is 0. The normalized spacial score (nSPS) is 14.0. The van der Waals surface area contributed by atoms with Gasteiger partial charge in [-0.2, -0.15) is 0 Å². The monoisotopic (exact) mass is 328 g/mol. The lowest BCUT2D eigenvalue weighted by Gasteiger charge is -2.15. The Labute approximate surface area is 138 Å². The van der Waals surface area contributed by atoms with E-state index >= 15 is 0 Å². The molecule has 0 bridgehead atoms. The van der Waals surface area contributed by atoms with E-state index in [0.29, 0.717) is 10.8 Å². The van der Waals surface area contributed by atoms with Crippen molar-refractivity contribution < 1.29 is 5.11 Å². The highest BCUT2D eigenvalue weighted by Gasteiger charge is 2.17. The van der Waals surface area contributed by atoms with Gasteiger partial charge in [-0.05, 0) is 35.3 Å². The third-order valence-corrected chi connectivity index (χ3v) is 5.35. The van der Waals surface area contributed by atoms with E-state index in [-0.39, 0.29) is 10.8 Å². The number of benzene rings is 1. The van der Waals surface area contributed by atoms with Gasteiger partial charge in [0.15, 0.2) is 0 Å². The molecular weight excluding hydrogens is 308 g/mol. The summed E-state index contributed by atoms with van der Waals surface area (Å²) in [7, 11) is 0. The van der Waals surface area contributed by atoms with Crippen molar-refractivity contribution in [3.05, 3.63) is 43.2 Å². The lowest BCUT2D eigenvalue weighted by atomic mass is 9.92. The Bertz CT molecular complexity index is 917. The van der Waals surface area contributed by atoms with Crippen LogP contribution >= 0.6 is 11.3 Å². The molecule has 0 spiro atoms. The van der Waals surface area contributed by atoms with E-state index in [2.05, 4.69) is 23.8 Å². The number of fused-ring (bicyclic) bond motifs is 1. The van der Waals surface area contributed by atoms with Crippen LogP contribution in [0.25, 0.3) is 11.6 Å². The summed E-state index contributed by atoms with van der Waals surface area (Å²) in [5.74, 6) is 0.484. The van der Waals surface area contributed by atoms with Crippen molar-refractivity contribution in [2.75, 3.05) is 0 Å². The molecular formula is C18H20N2O2S. The molecule has 1 aromatic carbocycles. The number of H-pyrrole nitrogens is 1. The average molecular weight is 328 g/mol. The number of aromatic nitrogens is 1. The van der Waals surface area contributed by atoms with Gasteiger partial charge in [0.2, 0.25) is 5.88 Å². The van der Waals surface area contributed by atoms with E-state index < -0.39 is 0 Å². The van der Waals surface area contributed by atoms with Crippen molar-refractivity contribution in [3.63, 3.8) is 0 Å². The van der Waals surface area contributed by atoms with Crippen molar-refractivity contribution in [2.45, 2.75) is 33.1 Å². The smallest absolute Gasteiger partial charge is 0.307 e. The summed E-state index contributed by atoms with van der Waals surface area (Å²) in [5, 5.41) is 12.3. The van der Waals surface area contributed by atoms with Crippen molar-refractivity contribution in [3.8, 4) is 5.88 Å². The number of hydrogen-bond acceptors (Lipinski definition) is 4. The SMILES string of the molecule is CCC(CC)CC(c1sc(=O)[nH]c1O)=c1cccc2c1=CC=N2. The summed E-state index contributed by atoms with van der Waals surface area (Å²) in [6.07, 6.45) is 6.75. The van der Waals surface area contributed by atoms with Crippen LogP contribution in [0.2, 0.25) is 0 Å². The van der Waals surface area contributed by atoms with Crippen LogP contribution in [-0.4, -0.2) is 16.3 Å². The van der Waals surface area contributed by atoms with Gasteiger partial charge >= 0.3 is 4.87 Å². The van der Waals surface area contributed by atoms with Crippen molar-refractivity contribution in [1.29, 1.82) is 0 Å². The molecule has 0 aliphatic carbocycles. The predicted octanol–water partition coefficient (Wildman–Crippen LogP) is 2.66. The third kappa shape index (κ3) is 3.01. The zero-order valence-corrected chi connectivity index (χ0v) is 14.1. The van der Waals surface area contributed by atoms with E-state index in [9.17, 15) is 9.90 Å². The van der Waals surface area contributed by atoms with Gasteiger partial charge in [-0.25, -0.2) is 0 Å². The fourth-order valence-corrected chi connectivity index (χ4v) is 3.81. The molecule has 0 saturated heterocycles. The van der Waals surface area contributed by atoms with Crippen LogP contribution in [-0.2, 0) is 0 Å². The van der Waals surface area contributed by atoms with Crippen LogP contribution in [0.1, 0.15) is 38.0 Å². The molecule has 4 nitrogen and oxygen atoms in total. The Morgan fingerprint density at radius 2 is 2.13 bits per heavy atom. The van der Waals surface area contributed by atoms with Gasteiger partial charge in [0.25, 0.3) is 0 Å². The van der Waals surface area contributed by atoms with Crippen LogP contribution in [0.5, 0.6) is 5.88 Å². The minimum absolute atomic E-state index is 0.0301. The number of nitrogens with one attached hydrogen (secondary N) is 1. The van der Waals surface area contributed by atoms with Gasteiger partial charge in [-0.3, -0.25) is 14.8 Å². The summed E-state index contributed by atoms with van der Waals surface area (Å²) in [5.41, 5.74) is 1.96. The second-order valence-corrected chi connectivity index (χ2v) is 6.72. The van der Waals surface area contributed by atoms with Crippen LogP contribution < -0.4 is 15.3 Å². The molecule has 0 saturated carbocycles. The van der Waals surface area contributed by atoms with Crippen LogP contribution in [0.15, 0.2) is 28.0 Å². The van der Waals surface area contributed by atoms with E-state index in [1.165, 1.54) is 0 Å². The van der Waals surface area contributed by atoms with E-state index in [1.807, 2.05) is 24.3 Å². The number of nitrogens with zero attached hydrogens (tertiary/aromatic N) is 1. The van der Waals surface area contributed by atoms with Gasteiger partial charge in [0, 0.05) is 11.4 Å². The molecule has 0 unspecified atom stereocenters. The van der Waals surface area contributed by atoms with Gasteiger partial charge in [-0.15, -0.1) is 0 Å². The van der Waals surface area contributed by atoms with E-state index in [4.69, 9.17) is 0 Å². The highest BCUT2D eigenvalue weighted by molar-refractivity contribution is 7.10. The Balaban J connectivity index is 2.29. The Morgan fingerprint density at radius 1 is 1.35 bits per heavy atom. The standard InChI is InChI=1S/C18H20N2O2S/c1-3-11(4-2)10-14(16-17(21)20-18(22)23-16)12-6-5-7-15-13(12)8-9-19-15/h5-9,11,21H,3-4,10H2,1-2H3,(H,20,22). The molecule has 120 valence electrons. The molecule has 23 heavy (non-hydrogen) atoms. The predicted molar refractivity (Wildman–Crippen MR) is 96.1 cm³/mol. The molecule has 2 heterocycles. The maximum absolute atomic E-state index is 11.7. The summed E-state index contributed by atoms with van der Waals surface area (Å²) in [6, 6.07) is 6.00. The van der Waals surface area contributed by atoms with E-state index in [1.54, 1.807) is 6.21 Å². The zero-order valence-electron chi connectivity index (χ0n) is 13.3. The molecule has 1 aliphatic rings. The molecule has 3 rings (SSSR count). The molecule has 0 atom stereocenters. The summed E-state index contributed by atoms with van der Waals surface area (Å²) >= 11 is 1.07.